The van der Waals surface area contributed by atoms with Crippen molar-refractivity contribution in [3.05, 3.63) is 72.1 Å². The predicted molar refractivity (Wildman–Crippen MR) is 118 cm³/mol. The van der Waals surface area contributed by atoms with E-state index >= 15 is 0 Å². The summed E-state index contributed by atoms with van der Waals surface area (Å²) in [6.07, 6.45) is 2.91. The molecule has 1 fully saturated rings. The molecule has 31 heavy (non-hydrogen) atoms. The Morgan fingerprint density at radius 2 is 1.87 bits per heavy atom. The number of benzene rings is 2. The van der Waals surface area contributed by atoms with Crippen molar-refractivity contribution in [3.63, 3.8) is 0 Å². The van der Waals surface area contributed by atoms with Gasteiger partial charge in [0.1, 0.15) is 6.61 Å². The maximum absolute atomic E-state index is 13.5. The highest BCUT2D eigenvalue weighted by Crippen LogP contribution is 2.29. The van der Waals surface area contributed by atoms with Gasteiger partial charge in [0, 0.05) is 48.8 Å². The summed E-state index contributed by atoms with van der Waals surface area (Å²) in [5.41, 5.74) is 1.72. The average molecular weight is 440 g/mol. The molecule has 0 aliphatic carbocycles. The number of amides is 1. The Morgan fingerprint density at radius 3 is 2.61 bits per heavy atom. The van der Waals surface area contributed by atoms with Crippen LogP contribution in [0.4, 0.5) is 4.79 Å². The van der Waals surface area contributed by atoms with E-state index in [1.54, 1.807) is 29.4 Å². The second-order valence-corrected chi connectivity index (χ2v) is 9.62. The third kappa shape index (κ3) is 4.26. The number of nitrogens with zero attached hydrogens (tertiary/aromatic N) is 3. The molecule has 4 rings (SSSR count). The number of carbonyl (C=O) groups is 1. The minimum atomic E-state index is -3.74. The van der Waals surface area contributed by atoms with Crippen molar-refractivity contribution >= 4 is 26.9 Å². The van der Waals surface area contributed by atoms with E-state index in [4.69, 9.17) is 4.74 Å². The normalized spacial score (nSPS) is 17.6. The Morgan fingerprint density at radius 1 is 1.10 bits per heavy atom. The van der Waals surface area contributed by atoms with Crippen LogP contribution in [-0.2, 0) is 21.4 Å². The summed E-state index contributed by atoms with van der Waals surface area (Å²) < 4.78 is 33.9. The fourth-order valence-electron chi connectivity index (χ4n) is 3.99. The topological polar surface area (TPSA) is 79.8 Å². The van der Waals surface area contributed by atoms with Crippen molar-refractivity contribution in [1.29, 1.82) is 0 Å². The fraction of sp³-hybridized carbons (Fsp3) is 0.304. The predicted octanol–water partition coefficient (Wildman–Crippen LogP) is 3.57. The number of hydrogen-bond acceptors (Lipinski definition) is 5. The number of fused-ring (bicyclic) bond motifs is 1. The number of ether oxygens (including phenoxy) is 1. The molecule has 1 amide bonds. The summed E-state index contributed by atoms with van der Waals surface area (Å²) in [5, 5.41) is 1.48. The van der Waals surface area contributed by atoms with Gasteiger partial charge >= 0.3 is 6.09 Å². The van der Waals surface area contributed by atoms with Crippen LogP contribution in [0.25, 0.3) is 10.8 Å². The zero-order valence-corrected chi connectivity index (χ0v) is 18.4. The van der Waals surface area contributed by atoms with Gasteiger partial charge in [-0.2, -0.15) is 4.31 Å². The molecule has 0 spiro atoms. The molecule has 2 aromatic carbocycles. The monoisotopic (exact) mass is 439 g/mol. The third-order valence-electron chi connectivity index (χ3n) is 5.55. The van der Waals surface area contributed by atoms with Crippen LogP contribution in [0.2, 0.25) is 0 Å². The smallest absolute Gasteiger partial charge is 0.410 e. The molecule has 1 aliphatic heterocycles. The maximum atomic E-state index is 13.5. The largest absolute Gasteiger partial charge is 0.445 e. The molecule has 1 aliphatic rings. The first-order valence-corrected chi connectivity index (χ1v) is 11.6. The van der Waals surface area contributed by atoms with Gasteiger partial charge in [0.2, 0.25) is 10.0 Å². The number of sulfonamides is 1. The first-order valence-electron chi connectivity index (χ1n) is 10.2. The van der Waals surface area contributed by atoms with Gasteiger partial charge in [0.05, 0.1) is 4.90 Å². The van der Waals surface area contributed by atoms with Gasteiger partial charge in [-0.25, -0.2) is 13.2 Å². The van der Waals surface area contributed by atoms with E-state index in [9.17, 15) is 13.2 Å². The van der Waals surface area contributed by atoms with E-state index in [-0.39, 0.29) is 37.2 Å². The number of aromatic nitrogens is 1. The lowest BCUT2D eigenvalue weighted by molar-refractivity contribution is 0.0729. The van der Waals surface area contributed by atoms with E-state index in [1.165, 1.54) is 4.31 Å². The number of carbonyl (C=O) groups excluding carboxylic acids is 1. The van der Waals surface area contributed by atoms with Crippen LogP contribution in [0.3, 0.4) is 0 Å². The van der Waals surface area contributed by atoms with Crippen LogP contribution in [-0.4, -0.2) is 54.4 Å². The van der Waals surface area contributed by atoms with Crippen molar-refractivity contribution in [1.82, 2.24) is 14.2 Å². The van der Waals surface area contributed by atoms with Gasteiger partial charge in [0.15, 0.2) is 0 Å². The van der Waals surface area contributed by atoms with Gasteiger partial charge in [0.25, 0.3) is 0 Å². The quantitative estimate of drug-likeness (QED) is 0.621. The molecule has 2 heterocycles. The Kier molecular flexibility index (Phi) is 5.93. The van der Waals surface area contributed by atoms with Gasteiger partial charge in [-0.05, 0) is 31.0 Å². The van der Waals surface area contributed by atoms with Crippen LogP contribution in [0.15, 0.2) is 65.8 Å². The molecule has 1 unspecified atom stereocenters. The van der Waals surface area contributed by atoms with E-state index in [0.29, 0.717) is 5.39 Å². The first kappa shape index (κ1) is 21.3. The Labute approximate surface area is 182 Å². The minimum Gasteiger partial charge on any atom is -0.445 e. The molecule has 0 saturated carbocycles. The SMILES string of the molecule is Cc1cncc2cccc(S(=O)(=O)N3CCN(C(=O)OCc4ccccc4)CC3C)c12. The summed E-state index contributed by atoms with van der Waals surface area (Å²) in [4.78, 5) is 18.5. The molecule has 3 aromatic rings. The first-order chi connectivity index (χ1) is 14.9. The van der Waals surface area contributed by atoms with Crippen LogP contribution >= 0.6 is 0 Å². The van der Waals surface area contributed by atoms with Crippen molar-refractivity contribution in [2.45, 2.75) is 31.4 Å². The molecule has 0 N–H and O–H groups in total. The lowest BCUT2D eigenvalue weighted by Gasteiger charge is -2.38. The molecule has 1 aromatic heterocycles. The zero-order valence-electron chi connectivity index (χ0n) is 17.6. The minimum absolute atomic E-state index is 0.190. The lowest BCUT2D eigenvalue weighted by Crippen LogP contribution is -2.55. The fourth-order valence-corrected chi connectivity index (χ4v) is 5.89. The number of rotatable bonds is 4. The highest BCUT2D eigenvalue weighted by Gasteiger charge is 2.36. The van der Waals surface area contributed by atoms with Gasteiger partial charge in [-0.15, -0.1) is 0 Å². The van der Waals surface area contributed by atoms with Crippen molar-refractivity contribution in [2.24, 2.45) is 0 Å². The maximum Gasteiger partial charge on any atom is 0.410 e. The number of pyridine rings is 1. The summed E-state index contributed by atoms with van der Waals surface area (Å²) in [5.74, 6) is 0. The average Bonchev–Trinajstić information content (AvgIpc) is 2.77. The third-order valence-corrected chi connectivity index (χ3v) is 7.61. The van der Waals surface area contributed by atoms with Crippen LogP contribution in [0, 0.1) is 6.92 Å². The summed E-state index contributed by atoms with van der Waals surface area (Å²) in [7, 11) is -3.74. The molecule has 1 atom stereocenters. The molecule has 1 saturated heterocycles. The second kappa shape index (κ2) is 8.64. The van der Waals surface area contributed by atoms with Gasteiger partial charge in [-0.1, -0.05) is 42.5 Å². The van der Waals surface area contributed by atoms with Gasteiger partial charge < -0.3 is 9.64 Å². The van der Waals surface area contributed by atoms with Crippen LogP contribution in [0.5, 0.6) is 0 Å². The molecular weight excluding hydrogens is 414 g/mol. The molecular formula is C23H25N3O4S. The molecule has 8 heteroatoms. The van der Waals surface area contributed by atoms with Crippen molar-refractivity contribution < 1.29 is 17.9 Å². The molecule has 162 valence electrons. The van der Waals surface area contributed by atoms with E-state index in [2.05, 4.69) is 4.98 Å². The molecule has 0 bridgehead atoms. The highest BCUT2D eigenvalue weighted by molar-refractivity contribution is 7.89. The number of hydrogen-bond donors (Lipinski definition) is 0. The Balaban J connectivity index is 1.49. The van der Waals surface area contributed by atoms with Gasteiger partial charge in [-0.3, -0.25) is 4.98 Å². The summed E-state index contributed by atoms with van der Waals surface area (Å²) in [6, 6.07) is 14.3. The standard InChI is InChI=1S/C23H25N3O4S/c1-17-13-24-14-20-9-6-10-21(22(17)20)31(28,29)26-12-11-25(15-18(26)2)23(27)30-16-19-7-4-3-5-8-19/h3-10,13-14,18H,11-12,15-16H2,1-2H3. The Hall–Kier alpha value is -2.97. The van der Waals surface area contributed by atoms with Crippen molar-refractivity contribution in [3.8, 4) is 0 Å². The van der Waals surface area contributed by atoms with Crippen LogP contribution < -0.4 is 0 Å². The van der Waals surface area contributed by atoms with E-state index in [1.807, 2.05) is 50.2 Å². The Bertz CT molecular complexity index is 1190. The van der Waals surface area contributed by atoms with E-state index in [0.717, 1.165) is 16.5 Å². The summed E-state index contributed by atoms with van der Waals surface area (Å²) in [6.45, 7) is 4.63. The molecule has 0 radical (unpaired) electrons. The van der Waals surface area contributed by atoms with Crippen LogP contribution in [0.1, 0.15) is 18.1 Å². The number of aryl methyl sites for hydroxylation is 1. The summed E-state index contributed by atoms with van der Waals surface area (Å²) >= 11 is 0. The molecule has 7 nitrogen and oxygen atoms in total. The second-order valence-electron chi connectivity index (χ2n) is 7.76. The van der Waals surface area contributed by atoms with Crippen molar-refractivity contribution in [2.75, 3.05) is 19.6 Å². The van der Waals surface area contributed by atoms with E-state index < -0.39 is 16.1 Å². The number of piperazine rings is 1. The lowest BCUT2D eigenvalue weighted by atomic mass is 10.1. The zero-order chi connectivity index (χ0) is 22.0. The highest BCUT2D eigenvalue weighted by atomic mass is 32.2.